The Kier molecular flexibility index (Phi) is 7.45. The molecule has 74 valence electrons. The fourth-order valence-corrected chi connectivity index (χ4v) is 0.699. The van der Waals surface area contributed by atoms with E-state index in [1.807, 2.05) is 13.8 Å². The molecule has 0 heterocycles. The lowest BCUT2D eigenvalue weighted by Crippen LogP contribution is -2.12. The average Bonchev–Trinajstić information content (AvgIpc) is 1.95. The number of hydrogen-bond donors (Lipinski definition) is 1. The van der Waals surface area contributed by atoms with Gasteiger partial charge in [-0.3, -0.25) is 0 Å². The molecule has 0 saturated carbocycles. The lowest BCUT2D eigenvalue weighted by atomic mass is 10.3. The van der Waals surface area contributed by atoms with Crippen LogP contribution in [0, 0.1) is 0 Å². The third-order valence-electron chi connectivity index (χ3n) is 1.36. The van der Waals surface area contributed by atoms with E-state index in [1.54, 1.807) is 6.92 Å². The van der Waals surface area contributed by atoms with Crippen LogP contribution in [0.4, 0.5) is 0 Å². The first-order valence-corrected chi connectivity index (χ1v) is 4.50. The van der Waals surface area contributed by atoms with Crippen LogP contribution in [-0.4, -0.2) is 37.1 Å². The van der Waals surface area contributed by atoms with Crippen LogP contribution in [0.3, 0.4) is 0 Å². The summed E-state index contributed by atoms with van der Waals surface area (Å²) < 4.78 is 10.5. The highest BCUT2D eigenvalue weighted by Gasteiger charge is 1.96. The predicted octanol–water partition coefficient (Wildman–Crippen LogP) is 1.20. The third kappa shape index (κ3) is 9.88. The molecule has 3 heteroatoms. The van der Waals surface area contributed by atoms with Crippen molar-refractivity contribution in [3.63, 3.8) is 0 Å². The van der Waals surface area contributed by atoms with Crippen molar-refractivity contribution in [3.05, 3.63) is 0 Å². The second-order valence-corrected chi connectivity index (χ2v) is 3.17. The first-order chi connectivity index (χ1) is 5.63. The highest BCUT2D eigenvalue weighted by atomic mass is 16.5. The Morgan fingerprint density at radius 1 is 1.08 bits per heavy atom. The fourth-order valence-electron chi connectivity index (χ4n) is 0.699. The van der Waals surface area contributed by atoms with E-state index in [1.165, 1.54) is 0 Å². The monoisotopic (exact) mass is 176 g/mol. The maximum absolute atomic E-state index is 8.89. The van der Waals surface area contributed by atoms with E-state index in [0.717, 1.165) is 0 Å². The fraction of sp³-hybridized carbons (Fsp3) is 1.00. The SMILES string of the molecule is CC(O)CCOCCOC(C)C. The average molecular weight is 176 g/mol. The van der Waals surface area contributed by atoms with Crippen molar-refractivity contribution in [3.8, 4) is 0 Å². The molecule has 0 aliphatic carbocycles. The number of rotatable bonds is 7. The molecule has 0 amide bonds. The molecule has 0 aliphatic heterocycles. The van der Waals surface area contributed by atoms with Gasteiger partial charge in [-0.1, -0.05) is 0 Å². The lowest BCUT2D eigenvalue weighted by Gasteiger charge is -2.08. The van der Waals surface area contributed by atoms with Gasteiger partial charge in [0.1, 0.15) is 0 Å². The molecular weight excluding hydrogens is 156 g/mol. The van der Waals surface area contributed by atoms with E-state index in [2.05, 4.69) is 0 Å². The van der Waals surface area contributed by atoms with Crippen LogP contribution in [0.1, 0.15) is 27.2 Å². The Hall–Kier alpha value is -0.120. The highest BCUT2D eigenvalue weighted by Crippen LogP contribution is 1.91. The summed E-state index contributed by atoms with van der Waals surface area (Å²) in [4.78, 5) is 0. The Labute approximate surface area is 74.7 Å². The summed E-state index contributed by atoms with van der Waals surface area (Å²) in [6, 6.07) is 0. The van der Waals surface area contributed by atoms with Crippen molar-refractivity contribution in [1.29, 1.82) is 0 Å². The summed E-state index contributed by atoms with van der Waals surface area (Å²) >= 11 is 0. The van der Waals surface area contributed by atoms with E-state index in [-0.39, 0.29) is 12.2 Å². The van der Waals surface area contributed by atoms with Crippen LogP contribution in [-0.2, 0) is 9.47 Å². The Balaban J connectivity index is 2.91. The van der Waals surface area contributed by atoms with Crippen LogP contribution in [0.5, 0.6) is 0 Å². The van der Waals surface area contributed by atoms with Gasteiger partial charge in [0.05, 0.1) is 25.4 Å². The van der Waals surface area contributed by atoms with Crippen LogP contribution >= 0.6 is 0 Å². The van der Waals surface area contributed by atoms with Crippen LogP contribution in [0.15, 0.2) is 0 Å². The zero-order valence-electron chi connectivity index (χ0n) is 8.25. The lowest BCUT2D eigenvalue weighted by molar-refractivity contribution is 0.0117. The van der Waals surface area contributed by atoms with Crippen molar-refractivity contribution in [2.45, 2.75) is 39.4 Å². The van der Waals surface area contributed by atoms with Gasteiger partial charge in [0, 0.05) is 6.61 Å². The molecule has 1 unspecified atom stereocenters. The molecule has 0 fully saturated rings. The van der Waals surface area contributed by atoms with Gasteiger partial charge in [-0.25, -0.2) is 0 Å². The molecule has 0 radical (unpaired) electrons. The zero-order chi connectivity index (χ0) is 9.40. The molecule has 0 aromatic carbocycles. The summed E-state index contributed by atoms with van der Waals surface area (Å²) in [6.07, 6.45) is 0.697. The molecule has 0 aromatic rings. The van der Waals surface area contributed by atoms with Crippen LogP contribution in [0.25, 0.3) is 0 Å². The topological polar surface area (TPSA) is 38.7 Å². The van der Waals surface area contributed by atoms with Gasteiger partial charge in [0.15, 0.2) is 0 Å². The molecule has 3 nitrogen and oxygen atoms in total. The van der Waals surface area contributed by atoms with Crippen LogP contribution < -0.4 is 0 Å². The molecule has 0 aromatic heterocycles. The minimum atomic E-state index is -0.268. The number of hydrogen-bond acceptors (Lipinski definition) is 3. The van der Waals surface area contributed by atoms with E-state index >= 15 is 0 Å². The molecule has 1 N–H and O–H groups in total. The standard InChI is InChI=1S/C9H20O3/c1-8(2)12-7-6-11-5-4-9(3)10/h8-10H,4-7H2,1-3H3. The Morgan fingerprint density at radius 3 is 2.25 bits per heavy atom. The van der Waals surface area contributed by atoms with Crippen molar-refractivity contribution < 1.29 is 14.6 Å². The Morgan fingerprint density at radius 2 is 1.75 bits per heavy atom. The molecule has 0 rings (SSSR count). The van der Waals surface area contributed by atoms with Gasteiger partial charge in [-0.05, 0) is 27.2 Å². The second-order valence-electron chi connectivity index (χ2n) is 3.17. The molecule has 0 spiro atoms. The normalized spacial score (nSPS) is 13.8. The second kappa shape index (κ2) is 7.53. The minimum absolute atomic E-state index is 0.268. The number of aliphatic hydroxyl groups is 1. The molecule has 0 aliphatic rings. The summed E-state index contributed by atoms with van der Waals surface area (Å²) in [5.41, 5.74) is 0. The summed E-state index contributed by atoms with van der Waals surface area (Å²) in [6.45, 7) is 7.61. The first kappa shape index (κ1) is 11.9. The molecule has 0 saturated heterocycles. The zero-order valence-corrected chi connectivity index (χ0v) is 8.25. The van der Waals surface area contributed by atoms with E-state index in [4.69, 9.17) is 14.6 Å². The van der Waals surface area contributed by atoms with Crippen LogP contribution in [0.2, 0.25) is 0 Å². The molecule has 0 bridgehead atoms. The first-order valence-electron chi connectivity index (χ1n) is 4.50. The van der Waals surface area contributed by atoms with Crippen molar-refractivity contribution in [2.24, 2.45) is 0 Å². The quantitative estimate of drug-likeness (QED) is 0.592. The maximum Gasteiger partial charge on any atom is 0.0703 e. The number of aliphatic hydroxyl groups excluding tert-OH is 1. The van der Waals surface area contributed by atoms with Gasteiger partial charge in [0.2, 0.25) is 0 Å². The largest absolute Gasteiger partial charge is 0.393 e. The molecule has 12 heavy (non-hydrogen) atoms. The van der Waals surface area contributed by atoms with Crippen molar-refractivity contribution in [2.75, 3.05) is 19.8 Å². The maximum atomic E-state index is 8.89. The van der Waals surface area contributed by atoms with Gasteiger partial charge >= 0.3 is 0 Å². The minimum Gasteiger partial charge on any atom is -0.393 e. The van der Waals surface area contributed by atoms with Gasteiger partial charge in [-0.15, -0.1) is 0 Å². The molecule has 1 atom stereocenters. The van der Waals surface area contributed by atoms with Gasteiger partial charge in [0.25, 0.3) is 0 Å². The highest BCUT2D eigenvalue weighted by molar-refractivity contribution is 4.44. The predicted molar refractivity (Wildman–Crippen MR) is 48.2 cm³/mol. The smallest absolute Gasteiger partial charge is 0.0703 e. The van der Waals surface area contributed by atoms with Gasteiger partial charge < -0.3 is 14.6 Å². The summed E-state index contributed by atoms with van der Waals surface area (Å²) in [5, 5.41) is 8.89. The van der Waals surface area contributed by atoms with Crippen molar-refractivity contribution in [1.82, 2.24) is 0 Å². The number of ether oxygens (including phenoxy) is 2. The van der Waals surface area contributed by atoms with Gasteiger partial charge in [-0.2, -0.15) is 0 Å². The molecular formula is C9H20O3. The Bertz CT molecular complexity index is 79.8. The van der Waals surface area contributed by atoms with Crippen molar-refractivity contribution >= 4 is 0 Å². The van der Waals surface area contributed by atoms with E-state index < -0.39 is 0 Å². The van der Waals surface area contributed by atoms with E-state index in [0.29, 0.717) is 26.2 Å². The van der Waals surface area contributed by atoms with E-state index in [9.17, 15) is 0 Å². The third-order valence-corrected chi connectivity index (χ3v) is 1.36. The summed E-state index contributed by atoms with van der Waals surface area (Å²) in [7, 11) is 0. The summed E-state index contributed by atoms with van der Waals surface area (Å²) in [5.74, 6) is 0.